The van der Waals surface area contributed by atoms with Gasteiger partial charge in [0.25, 0.3) is 0 Å². The predicted octanol–water partition coefficient (Wildman–Crippen LogP) is 3.25. The van der Waals surface area contributed by atoms with E-state index < -0.39 is 5.54 Å². The second-order valence-electron chi connectivity index (χ2n) is 9.25. The van der Waals surface area contributed by atoms with Crippen molar-refractivity contribution in [2.75, 3.05) is 23.3 Å². The zero-order chi connectivity index (χ0) is 24.3. The first-order valence-corrected chi connectivity index (χ1v) is 11.9. The fraction of sp³-hybridized carbons (Fsp3) is 0.423. The maximum atomic E-state index is 13.3. The second-order valence-corrected chi connectivity index (χ2v) is 9.25. The maximum absolute atomic E-state index is 13.3. The lowest BCUT2D eigenvalue weighted by molar-refractivity contribution is -0.130. The number of carbonyl (C=O) groups is 2. The molecule has 0 bridgehead atoms. The van der Waals surface area contributed by atoms with E-state index in [1.54, 1.807) is 14.0 Å². The largest absolute Gasteiger partial charge is 0.371 e. The number of hydrogen-bond donors (Lipinski definition) is 2. The molecule has 8 nitrogen and oxygen atoms in total. The number of rotatable bonds is 8. The lowest BCUT2D eigenvalue weighted by Gasteiger charge is -2.29. The summed E-state index contributed by atoms with van der Waals surface area (Å²) in [6.07, 6.45) is 3.54. The number of aryl methyl sites for hydroxylation is 1. The van der Waals surface area contributed by atoms with Crippen LogP contribution in [0.5, 0.6) is 0 Å². The van der Waals surface area contributed by atoms with E-state index in [1.165, 1.54) is 22.0 Å². The average Bonchev–Trinajstić information content (AvgIpc) is 3.44. The minimum absolute atomic E-state index is 0.156. The number of hydrogen-bond acceptors (Lipinski definition) is 4. The number of anilines is 2. The Morgan fingerprint density at radius 3 is 2.44 bits per heavy atom. The molecule has 3 aromatic rings. The Kier molecular flexibility index (Phi) is 6.77. The van der Waals surface area contributed by atoms with E-state index in [9.17, 15) is 14.4 Å². The number of benzene rings is 2. The number of aromatic nitrogens is 2. The van der Waals surface area contributed by atoms with Gasteiger partial charge in [-0.05, 0) is 56.5 Å². The summed E-state index contributed by atoms with van der Waals surface area (Å²) in [6.45, 7) is 5.60. The summed E-state index contributed by atoms with van der Waals surface area (Å²) in [4.78, 5) is 41.3. The summed E-state index contributed by atoms with van der Waals surface area (Å²) >= 11 is 0. The van der Waals surface area contributed by atoms with Crippen molar-refractivity contribution in [1.82, 2.24) is 14.5 Å². The van der Waals surface area contributed by atoms with E-state index in [4.69, 9.17) is 0 Å². The zero-order valence-corrected chi connectivity index (χ0v) is 20.1. The van der Waals surface area contributed by atoms with Crippen LogP contribution in [-0.2, 0) is 23.2 Å². The Bertz CT molecular complexity index is 1250. The Hall–Kier alpha value is -3.55. The molecule has 2 N–H and O–H groups in total. The van der Waals surface area contributed by atoms with Crippen molar-refractivity contribution in [3.63, 3.8) is 0 Å². The average molecular weight is 464 g/mol. The van der Waals surface area contributed by atoms with Crippen molar-refractivity contribution in [1.29, 1.82) is 0 Å². The Morgan fingerprint density at radius 1 is 1.03 bits per heavy atom. The molecule has 34 heavy (non-hydrogen) atoms. The van der Waals surface area contributed by atoms with E-state index in [0.29, 0.717) is 24.0 Å². The fourth-order valence-corrected chi connectivity index (χ4v) is 4.76. The fourth-order valence-electron chi connectivity index (χ4n) is 4.76. The number of nitrogens with zero attached hydrogens (tertiary/aromatic N) is 3. The molecule has 0 spiro atoms. The molecule has 180 valence electrons. The van der Waals surface area contributed by atoms with Crippen molar-refractivity contribution in [2.24, 2.45) is 7.05 Å². The molecule has 2 amide bonds. The van der Waals surface area contributed by atoms with Crippen LogP contribution >= 0.6 is 0 Å². The molecule has 1 atom stereocenters. The third kappa shape index (κ3) is 4.71. The molecule has 0 unspecified atom stereocenters. The van der Waals surface area contributed by atoms with Crippen LogP contribution in [0.1, 0.15) is 39.5 Å². The summed E-state index contributed by atoms with van der Waals surface area (Å²) in [7, 11) is 1.68. The van der Waals surface area contributed by atoms with Crippen LogP contribution in [0.25, 0.3) is 11.0 Å². The Labute approximate surface area is 199 Å². The number of carbonyl (C=O) groups excluding carboxylic acids is 2. The molecule has 2 aromatic carbocycles. The highest BCUT2D eigenvalue weighted by molar-refractivity contribution is 6.00. The molecule has 0 saturated carbocycles. The van der Waals surface area contributed by atoms with E-state index in [1.807, 2.05) is 49.4 Å². The van der Waals surface area contributed by atoms with Gasteiger partial charge in [-0.15, -0.1) is 0 Å². The monoisotopic (exact) mass is 463 g/mol. The third-order valence-corrected chi connectivity index (χ3v) is 6.60. The summed E-state index contributed by atoms with van der Waals surface area (Å²) < 4.78 is 2.96. The van der Waals surface area contributed by atoms with Crippen molar-refractivity contribution in [3.8, 4) is 0 Å². The van der Waals surface area contributed by atoms with Gasteiger partial charge in [-0.25, -0.2) is 4.79 Å². The topological polar surface area (TPSA) is 88.4 Å². The van der Waals surface area contributed by atoms with Gasteiger partial charge in [-0.3, -0.25) is 18.7 Å². The third-order valence-electron chi connectivity index (χ3n) is 6.60. The van der Waals surface area contributed by atoms with E-state index >= 15 is 0 Å². The highest BCUT2D eigenvalue weighted by Crippen LogP contribution is 2.24. The summed E-state index contributed by atoms with van der Waals surface area (Å²) in [5, 5.41) is 5.90. The Balaban J connectivity index is 1.50. The van der Waals surface area contributed by atoms with Crippen LogP contribution in [-0.4, -0.2) is 39.6 Å². The molecule has 4 rings (SSSR count). The SMILES string of the molecule is CCC[C@](C)(NC(=O)Cn1c(=O)n(C)c2ccccc21)C(=O)Nc1cccc(N2CCCC2)c1. The van der Waals surface area contributed by atoms with Gasteiger partial charge in [0.05, 0.1) is 11.0 Å². The maximum Gasteiger partial charge on any atom is 0.329 e. The molecule has 8 heteroatoms. The number of para-hydroxylation sites is 2. The molecule has 1 aromatic heterocycles. The highest BCUT2D eigenvalue weighted by atomic mass is 16.2. The normalized spacial score (nSPS) is 15.3. The number of imidazole rings is 1. The van der Waals surface area contributed by atoms with Crippen LogP contribution in [0.2, 0.25) is 0 Å². The smallest absolute Gasteiger partial charge is 0.329 e. The molecule has 0 aliphatic carbocycles. The van der Waals surface area contributed by atoms with Gasteiger partial charge in [0.2, 0.25) is 11.8 Å². The van der Waals surface area contributed by atoms with E-state index in [2.05, 4.69) is 21.6 Å². The standard InChI is InChI=1S/C26H33N5O3/c1-4-14-26(2,24(33)27-19-10-9-11-20(17-19)30-15-7-8-16-30)28-23(32)18-31-22-13-6-5-12-21(22)29(3)25(31)34/h5-6,9-13,17H,4,7-8,14-16,18H2,1-3H3,(H,27,33)(H,28,32)/t26-/m0/s1. The number of nitrogens with one attached hydrogen (secondary N) is 2. The van der Waals surface area contributed by atoms with Crippen molar-refractivity contribution >= 4 is 34.2 Å². The van der Waals surface area contributed by atoms with E-state index in [-0.39, 0.29) is 24.0 Å². The van der Waals surface area contributed by atoms with Crippen LogP contribution < -0.4 is 21.2 Å². The van der Waals surface area contributed by atoms with Crippen LogP contribution in [0.15, 0.2) is 53.3 Å². The lowest BCUT2D eigenvalue weighted by Crippen LogP contribution is -2.55. The van der Waals surface area contributed by atoms with Gasteiger partial charge < -0.3 is 15.5 Å². The number of amides is 2. The van der Waals surface area contributed by atoms with Gasteiger partial charge in [0.1, 0.15) is 12.1 Å². The summed E-state index contributed by atoms with van der Waals surface area (Å²) in [5.41, 5.74) is 1.86. The first-order valence-electron chi connectivity index (χ1n) is 11.9. The molecule has 1 saturated heterocycles. The minimum Gasteiger partial charge on any atom is -0.371 e. The van der Waals surface area contributed by atoms with Gasteiger partial charge in [0, 0.05) is 31.5 Å². The molecular weight excluding hydrogens is 430 g/mol. The predicted molar refractivity (Wildman–Crippen MR) is 135 cm³/mol. The first-order chi connectivity index (χ1) is 16.3. The quantitative estimate of drug-likeness (QED) is 0.537. The van der Waals surface area contributed by atoms with Gasteiger partial charge >= 0.3 is 5.69 Å². The minimum atomic E-state index is -1.11. The molecule has 1 fully saturated rings. The van der Waals surface area contributed by atoms with Crippen LogP contribution in [0.4, 0.5) is 11.4 Å². The summed E-state index contributed by atoms with van der Waals surface area (Å²) in [6, 6.07) is 15.2. The van der Waals surface area contributed by atoms with Gasteiger partial charge in [0.15, 0.2) is 0 Å². The van der Waals surface area contributed by atoms with Crippen molar-refractivity contribution in [2.45, 2.75) is 51.6 Å². The Morgan fingerprint density at radius 2 is 1.74 bits per heavy atom. The second kappa shape index (κ2) is 9.75. The van der Waals surface area contributed by atoms with E-state index in [0.717, 1.165) is 24.3 Å². The van der Waals surface area contributed by atoms with Crippen LogP contribution in [0.3, 0.4) is 0 Å². The van der Waals surface area contributed by atoms with Crippen molar-refractivity contribution in [3.05, 3.63) is 59.0 Å². The molecule has 1 aliphatic heterocycles. The molecule has 2 heterocycles. The summed E-state index contributed by atoms with van der Waals surface area (Å²) in [5.74, 6) is -0.651. The van der Waals surface area contributed by atoms with Crippen molar-refractivity contribution < 1.29 is 9.59 Å². The highest BCUT2D eigenvalue weighted by Gasteiger charge is 2.34. The molecular formula is C26H33N5O3. The molecule has 1 aliphatic rings. The first kappa shape index (κ1) is 23.6. The van der Waals surface area contributed by atoms with Gasteiger partial charge in [-0.1, -0.05) is 31.5 Å². The molecule has 0 radical (unpaired) electrons. The van der Waals surface area contributed by atoms with Gasteiger partial charge in [-0.2, -0.15) is 0 Å². The lowest BCUT2D eigenvalue weighted by atomic mass is 9.94. The van der Waals surface area contributed by atoms with Crippen LogP contribution in [0, 0.1) is 0 Å². The zero-order valence-electron chi connectivity index (χ0n) is 20.1. The number of fused-ring (bicyclic) bond motifs is 1.